The first-order valence-corrected chi connectivity index (χ1v) is 5.87. The molecule has 2 atom stereocenters. The first kappa shape index (κ1) is 16.0. The maximum atomic E-state index is 13.1. The summed E-state index contributed by atoms with van der Waals surface area (Å²) >= 11 is 0. The highest BCUT2D eigenvalue weighted by Gasteiger charge is 2.22. The zero-order valence-corrected chi connectivity index (χ0v) is 10.7. The fourth-order valence-electron chi connectivity index (χ4n) is 1.63. The summed E-state index contributed by atoms with van der Waals surface area (Å²) in [4.78, 5) is 20.3. The number of carbonyl (C=O) groups is 1. The Labute approximate surface area is 114 Å². The predicted octanol–water partition coefficient (Wildman–Crippen LogP) is 0.654. The molecule has 0 bridgehead atoms. The monoisotopic (exact) mass is 286 g/mol. The van der Waals surface area contributed by atoms with Gasteiger partial charge in [0.2, 0.25) is 11.7 Å². The fraction of sp³-hybridized carbons (Fsp3) is 0.417. The smallest absolute Gasteiger partial charge is 0.305 e. The van der Waals surface area contributed by atoms with Crippen LogP contribution in [0.1, 0.15) is 25.0 Å². The summed E-state index contributed by atoms with van der Waals surface area (Å²) in [6.45, 7) is 1.46. The highest BCUT2D eigenvalue weighted by Crippen LogP contribution is 2.25. The molecule has 0 saturated heterocycles. The lowest BCUT2D eigenvalue weighted by atomic mass is 10.0. The standard InChI is InChI=1S/C12H15FN2O5/c1-7(16)14-5-4-11(17)12(18)8-2-3-9(13)10(6-8)15(19)20/h2-3,6,11-12,17-18H,4-5H2,1H3,(H,14,16). The lowest BCUT2D eigenvalue weighted by molar-refractivity contribution is -0.387. The molecule has 1 rings (SSSR count). The average molecular weight is 286 g/mol. The minimum absolute atomic E-state index is 0.0356. The van der Waals surface area contributed by atoms with Crippen LogP contribution in [0.25, 0.3) is 0 Å². The third kappa shape index (κ3) is 4.25. The SMILES string of the molecule is CC(=O)NCCC(O)C(O)c1ccc(F)c([N+](=O)[O-])c1. The maximum absolute atomic E-state index is 13.1. The van der Waals surface area contributed by atoms with Gasteiger partial charge in [-0.2, -0.15) is 4.39 Å². The van der Waals surface area contributed by atoms with Gasteiger partial charge < -0.3 is 15.5 Å². The molecule has 20 heavy (non-hydrogen) atoms. The number of amides is 1. The van der Waals surface area contributed by atoms with Gasteiger partial charge >= 0.3 is 5.69 Å². The van der Waals surface area contributed by atoms with Crippen molar-refractivity contribution >= 4 is 11.6 Å². The highest BCUT2D eigenvalue weighted by atomic mass is 19.1. The van der Waals surface area contributed by atoms with Crippen molar-refractivity contribution in [2.75, 3.05) is 6.54 Å². The van der Waals surface area contributed by atoms with Crippen LogP contribution in [0.15, 0.2) is 18.2 Å². The molecule has 110 valence electrons. The van der Waals surface area contributed by atoms with Crippen LogP contribution < -0.4 is 5.32 Å². The second kappa shape index (κ2) is 6.92. The van der Waals surface area contributed by atoms with Crippen molar-refractivity contribution in [2.24, 2.45) is 0 Å². The van der Waals surface area contributed by atoms with Crippen LogP contribution in [-0.2, 0) is 4.79 Å². The van der Waals surface area contributed by atoms with Gasteiger partial charge in [0.15, 0.2) is 0 Å². The van der Waals surface area contributed by atoms with Gasteiger partial charge in [0.1, 0.15) is 6.10 Å². The zero-order chi connectivity index (χ0) is 15.3. The molecule has 7 nitrogen and oxygen atoms in total. The molecule has 1 aromatic carbocycles. The van der Waals surface area contributed by atoms with Gasteiger partial charge in [0.05, 0.1) is 11.0 Å². The topological polar surface area (TPSA) is 113 Å². The van der Waals surface area contributed by atoms with Crippen molar-refractivity contribution in [3.63, 3.8) is 0 Å². The average Bonchev–Trinajstić information content (AvgIpc) is 2.37. The molecule has 1 amide bonds. The number of carbonyl (C=O) groups excluding carboxylic acids is 1. The number of aliphatic hydroxyl groups is 2. The molecule has 2 unspecified atom stereocenters. The number of nitro groups is 1. The van der Waals surface area contributed by atoms with Crippen LogP contribution in [0.4, 0.5) is 10.1 Å². The van der Waals surface area contributed by atoms with Gasteiger partial charge in [-0.1, -0.05) is 6.07 Å². The number of nitrogens with one attached hydrogen (secondary N) is 1. The van der Waals surface area contributed by atoms with Crippen molar-refractivity contribution in [2.45, 2.75) is 25.6 Å². The van der Waals surface area contributed by atoms with Gasteiger partial charge in [-0.15, -0.1) is 0 Å². The number of benzene rings is 1. The van der Waals surface area contributed by atoms with E-state index in [1.165, 1.54) is 6.92 Å². The second-order valence-electron chi connectivity index (χ2n) is 4.25. The predicted molar refractivity (Wildman–Crippen MR) is 67.3 cm³/mol. The van der Waals surface area contributed by atoms with E-state index in [2.05, 4.69) is 5.32 Å². The lowest BCUT2D eigenvalue weighted by Crippen LogP contribution is -2.27. The van der Waals surface area contributed by atoms with Crippen LogP contribution in [0.5, 0.6) is 0 Å². The molecule has 0 saturated carbocycles. The number of nitro benzene ring substituents is 1. The molecule has 8 heteroatoms. The normalized spacial score (nSPS) is 13.6. The first-order valence-electron chi connectivity index (χ1n) is 5.87. The zero-order valence-electron chi connectivity index (χ0n) is 10.7. The maximum Gasteiger partial charge on any atom is 0.305 e. The Balaban J connectivity index is 2.76. The Morgan fingerprint density at radius 1 is 1.50 bits per heavy atom. The summed E-state index contributed by atoms with van der Waals surface area (Å²) in [7, 11) is 0. The van der Waals surface area contributed by atoms with Gasteiger partial charge in [0, 0.05) is 19.5 Å². The van der Waals surface area contributed by atoms with Crippen LogP contribution in [0.2, 0.25) is 0 Å². The summed E-state index contributed by atoms with van der Waals surface area (Å²) in [6, 6.07) is 2.90. The van der Waals surface area contributed by atoms with E-state index in [0.717, 1.165) is 18.2 Å². The van der Waals surface area contributed by atoms with Crippen molar-refractivity contribution in [3.05, 3.63) is 39.7 Å². The van der Waals surface area contributed by atoms with E-state index in [1.807, 2.05) is 0 Å². The van der Waals surface area contributed by atoms with Gasteiger partial charge in [-0.3, -0.25) is 14.9 Å². The summed E-state index contributed by atoms with van der Waals surface area (Å²) < 4.78 is 13.1. The molecule has 0 aliphatic carbocycles. The summed E-state index contributed by atoms with van der Waals surface area (Å²) in [5.74, 6) is -1.29. The summed E-state index contributed by atoms with van der Waals surface area (Å²) in [5.41, 5.74) is -0.732. The van der Waals surface area contributed by atoms with Crippen LogP contribution in [-0.4, -0.2) is 33.7 Å². The van der Waals surface area contributed by atoms with E-state index in [-0.39, 0.29) is 24.4 Å². The Kier molecular flexibility index (Phi) is 5.53. The fourth-order valence-corrected chi connectivity index (χ4v) is 1.63. The van der Waals surface area contributed by atoms with Crippen molar-refractivity contribution in [1.29, 1.82) is 0 Å². The minimum atomic E-state index is -1.40. The summed E-state index contributed by atoms with van der Waals surface area (Å²) in [5, 5.41) is 32.6. The van der Waals surface area contributed by atoms with Gasteiger partial charge in [0.25, 0.3) is 0 Å². The molecule has 3 N–H and O–H groups in total. The van der Waals surface area contributed by atoms with E-state index in [0.29, 0.717) is 0 Å². The molecule has 1 aromatic rings. The molecule has 0 radical (unpaired) electrons. The Morgan fingerprint density at radius 3 is 2.70 bits per heavy atom. The number of hydrogen-bond donors (Lipinski definition) is 3. The number of aliphatic hydroxyl groups excluding tert-OH is 2. The Morgan fingerprint density at radius 2 is 2.15 bits per heavy atom. The van der Waals surface area contributed by atoms with Crippen molar-refractivity contribution in [1.82, 2.24) is 5.32 Å². The van der Waals surface area contributed by atoms with Gasteiger partial charge in [-0.25, -0.2) is 0 Å². The Bertz CT molecular complexity index is 509. The van der Waals surface area contributed by atoms with E-state index in [9.17, 15) is 29.5 Å². The quantitative estimate of drug-likeness (QED) is 0.525. The number of halogens is 1. The third-order valence-electron chi connectivity index (χ3n) is 2.69. The summed E-state index contributed by atoms with van der Waals surface area (Å²) in [6.07, 6.45) is -2.57. The van der Waals surface area contributed by atoms with Gasteiger partial charge in [-0.05, 0) is 18.1 Å². The first-order chi connectivity index (χ1) is 9.32. The molecule has 0 fully saturated rings. The number of rotatable bonds is 6. The number of nitrogens with zero attached hydrogens (tertiary/aromatic N) is 1. The second-order valence-corrected chi connectivity index (χ2v) is 4.25. The molecular weight excluding hydrogens is 271 g/mol. The van der Waals surface area contributed by atoms with Crippen LogP contribution in [0.3, 0.4) is 0 Å². The van der Waals surface area contributed by atoms with E-state index in [1.54, 1.807) is 0 Å². The highest BCUT2D eigenvalue weighted by molar-refractivity contribution is 5.72. The lowest BCUT2D eigenvalue weighted by Gasteiger charge is -2.18. The number of hydrogen-bond acceptors (Lipinski definition) is 5. The van der Waals surface area contributed by atoms with Crippen LogP contribution in [0, 0.1) is 15.9 Å². The molecular formula is C12H15FN2O5. The molecule has 0 heterocycles. The molecule has 0 aromatic heterocycles. The Hall–Kier alpha value is -2.06. The minimum Gasteiger partial charge on any atom is -0.390 e. The molecule has 0 aliphatic heterocycles. The third-order valence-corrected chi connectivity index (χ3v) is 2.69. The van der Waals surface area contributed by atoms with Crippen LogP contribution >= 0.6 is 0 Å². The van der Waals surface area contributed by atoms with E-state index in [4.69, 9.17) is 0 Å². The molecule has 0 aliphatic rings. The van der Waals surface area contributed by atoms with Crippen molar-refractivity contribution < 1.29 is 24.3 Å². The van der Waals surface area contributed by atoms with Crippen molar-refractivity contribution in [3.8, 4) is 0 Å². The largest absolute Gasteiger partial charge is 0.390 e. The van der Waals surface area contributed by atoms with E-state index >= 15 is 0 Å². The molecule has 0 spiro atoms. The van der Waals surface area contributed by atoms with E-state index < -0.39 is 28.6 Å².